The molecule has 1 aromatic rings. The topological polar surface area (TPSA) is 56.7 Å². The molecule has 2 heterocycles. The van der Waals surface area contributed by atoms with Gasteiger partial charge in [0.25, 0.3) is 0 Å². The van der Waals surface area contributed by atoms with Gasteiger partial charge in [0.15, 0.2) is 5.96 Å². The fraction of sp³-hybridized carbons (Fsp3) is 0.625. The van der Waals surface area contributed by atoms with Crippen LogP contribution < -0.4 is 10.6 Å². The molecule has 122 valence electrons. The standard InChI is InChI=1S/C16H26N4OS/c1-12-4-5-14(22-12)11-19-16(18-3)20-8-6-13(7-9-20)10-15(21)17-2/h4-5,13H,6-11H2,1-3H3,(H,17,21)(H,18,19). The molecular formula is C16H26N4OS. The van der Waals surface area contributed by atoms with Crippen LogP contribution in [0, 0.1) is 12.8 Å². The number of amides is 1. The summed E-state index contributed by atoms with van der Waals surface area (Å²) in [5, 5.41) is 6.15. The number of piperidine rings is 1. The minimum atomic E-state index is 0.147. The molecule has 1 saturated heterocycles. The van der Waals surface area contributed by atoms with Crippen molar-refractivity contribution in [3.8, 4) is 0 Å². The van der Waals surface area contributed by atoms with E-state index in [2.05, 4.69) is 39.6 Å². The lowest BCUT2D eigenvalue weighted by Crippen LogP contribution is -2.45. The molecule has 1 aromatic heterocycles. The van der Waals surface area contributed by atoms with Crippen molar-refractivity contribution < 1.29 is 4.79 Å². The Morgan fingerprint density at radius 3 is 2.68 bits per heavy atom. The van der Waals surface area contributed by atoms with E-state index in [0.29, 0.717) is 12.3 Å². The number of likely N-dealkylation sites (tertiary alicyclic amines) is 1. The van der Waals surface area contributed by atoms with Crippen LogP contribution in [0.5, 0.6) is 0 Å². The molecule has 0 saturated carbocycles. The largest absolute Gasteiger partial charge is 0.359 e. The number of hydrogen-bond acceptors (Lipinski definition) is 3. The number of aliphatic imine (C=N–C) groups is 1. The second-order valence-electron chi connectivity index (χ2n) is 5.72. The highest BCUT2D eigenvalue weighted by Gasteiger charge is 2.22. The minimum Gasteiger partial charge on any atom is -0.359 e. The second kappa shape index (κ2) is 8.17. The van der Waals surface area contributed by atoms with Gasteiger partial charge in [-0.25, -0.2) is 0 Å². The molecule has 0 unspecified atom stereocenters. The second-order valence-corrected chi connectivity index (χ2v) is 7.09. The van der Waals surface area contributed by atoms with E-state index in [1.54, 1.807) is 7.05 Å². The number of nitrogens with zero attached hydrogens (tertiary/aromatic N) is 2. The number of carbonyl (C=O) groups excluding carboxylic acids is 1. The van der Waals surface area contributed by atoms with Crippen LogP contribution in [0.2, 0.25) is 0 Å². The fourth-order valence-corrected chi connectivity index (χ4v) is 3.62. The lowest BCUT2D eigenvalue weighted by Gasteiger charge is -2.34. The zero-order valence-corrected chi connectivity index (χ0v) is 14.5. The molecule has 0 atom stereocenters. The van der Waals surface area contributed by atoms with Crippen LogP contribution in [-0.4, -0.2) is 44.0 Å². The monoisotopic (exact) mass is 322 g/mol. The van der Waals surface area contributed by atoms with Crippen molar-refractivity contribution in [2.75, 3.05) is 27.2 Å². The Morgan fingerprint density at radius 2 is 2.14 bits per heavy atom. The summed E-state index contributed by atoms with van der Waals surface area (Å²) < 4.78 is 0. The summed E-state index contributed by atoms with van der Waals surface area (Å²) in [4.78, 5) is 20.8. The molecular weight excluding hydrogens is 296 g/mol. The third kappa shape index (κ3) is 4.73. The van der Waals surface area contributed by atoms with Gasteiger partial charge in [-0.2, -0.15) is 0 Å². The van der Waals surface area contributed by atoms with E-state index in [-0.39, 0.29) is 5.91 Å². The van der Waals surface area contributed by atoms with Crippen molar-refractivity contribution in [1.29, 1.82) is 0 Å². The Labute approximate surface area is 136 Å². The highest BCUT2D eigenvalue weighted by atomic mass is 32.1. The average molecular weight is 322 g/mol. The summed E-state index contributed by atoms with van der Waals surface area (Å²) in [6, 6.07) is 4.31. The molecule has 0 aliphatic carbocycles. The third-order valence-electron chi connectivity index (χ3n) is 4.10. The van der Waals surface area contributed by atoms with E-state index in [4.69, 9.17) is 0 Å². The SMILES string of the molecule is CN=C(NCc1ccc(C)s1)N1CCC(CC(=O)NC)CC1. The highest BCUT2D eigenvalue weighted by Crippen LogP contribution is 2.20. The predicted octanol–water partition coefficient (Wildman–Crippen LogP) is 1.98. The summed E-state index contributed by atoms with van der Waals surface area (Å²) in [6.45, 7) is 4.87. The van der Waals surface area contributed by atoms with Crippen LogP contribution in [0.4, 0.5) is 0 Å². The Balaban J connectivity index is 1.79. The first kappa shape index (κ1) is 16.8. The molecule has 1 aliphatic heterocycles. The van der Waals surface area contributed by atoms with Crippen LogP contribution in [0.3, 0.4) is 0 Å². The van der Waals surface area contributed by atoms with E-state index < -0.39 is 0 Å². The molecule has 5 nitrogen and oxygen atoms in total. The van der Waals surface area contributed by atoms with Crippen LogP contribution in [-0.2, 0) is 11.3 Å². The van der Waals surface area contributed by atoms with Gasteiger partial charge in [0.2, 0.25) is 5.91 Å². The van der Waals surface area contributed by atoms with Gasteiger partial charge in [-0.15, -0.1) is 11.3 Å². The molecule has 1 fully saturated rings. The molecule has 0 aromatic carbocycles. The number of hydrogen-bond donors (Lipinski definition) is 2. The number of guanidine groups is 1. The van der Waals surface area contributed by atoms with Gasteiger partial charge in [-0.3, -0.25) is 9.79 Å². The predicted molar refractivity (Wildman–Crippen MR) is 92.2 cm³/mol. The van der Waals surface area contributed by atoms with Gasteiger partial charge >= 0.3 is 0 Å². The number of rotatable bonds is 4. The first-order valence-electron chi connectivity index (χ1n) is 7.84. The molecule has 0 bridgehead atoms. The third-order valence-corrected chi connectivity index (χ3v) is 5.10. The maximum absolute atomic E-state index is 11.5. The quantitative estimate of drug-likeness (QED) is 0.658. The number of carbonyl (C=O) groups is 1. The number of aryl methyl sites for hydroxylation is 1. The van der Waals surface area contributed by atoms with Gasteiger partial charge < -0.3 is 15.5 Å². The lowest BCUT2D eigenvalue weighted by molar-refractivity contribution is -0.121. The molecule has 1 aliphatic rings. The Morgan fingerprint density at radius 1 is 1.41 bits per heavy atom. The van der Waals surface area contributed by atoms with Crippen molar-refractivity contribution >= 4 is 23.2 Å². The van der Waals surface area contributed by atoms with E-state index >= 15 is 0 Å². The van der Waals surface area contributed by atoms with Crippen LogP contribution in [0.1, 0.15) is 29.0 Å². The van der Waals surface area contributed by atoms with E-state index in [9.17, 15) is 4.79 Å². The normalized spacial score (nSPS) is 16.7. The molecule has 2 rings (SSSR count). The van der Waals surface area contributed by atoms with Crippen LogP contribution in [0.25, 0.3) is 0 Å². The lowest BCUT2D eigenvalue weighted by atomic mass is 9.93. The van der Waals surface area contributed by atoms with Gasteiger partial charge in [-0.05, 0) is 37.8 Å². The smallest absolute Gasteiger partial charge is 0.220 e. The van der Waals surface area contributed by atoms with Crippen molar-refractivity contribution in [1.82, 2.24) is 15.5 Å². The minimum absolute atomic E-state index is 0.147. The fourth-order valence-electron chi connectivity index (χ4n) is 2.79. The van der Waals surface area contributed by atoms with Gasteiger partial charge in [0.05, 0.1) is 6.54 Å². The van der Waals surface area contributed by atoms with Gasteiger partial charge in [0.1, 0.15) is 0 Å². The summed E-state index contributed by atoms with van der Waals surface area (Å²) in [5.74, 6) is 1.60. The Kier molecular flexibility index (Phi) is 6.24. The summed E-state index contributed by atoms with van der Waals surface area (Å²) in [5.41, 5.74) is 0. The zero-order valence-electron chi connectivity index (χ0n) is 13.7. The Hall–Kier alpha value is -1.56. The molecule has 0 radical (unpaired) electrons. The first-order valence-corrected chi connectivity index (χ1v) is 8.65. The first-order chi connectivity index (χ1) is 10.6. The van der Waals surface area contributed by atoms with Crippen LogP contribution >= 0.6 is 11.3 Å². The highest BCUT2D eigenvalue weighted by molar-refractivity contribution is 7.11. The molecule has 6 heteroatoms. The van der Waals surface area contributed by atoms with Crippen molar-refractivity contribution in [3.05, 3.63) is 21.9 Å². The maximum Gasteiger partial charge on any atom is 0.220 e. The van der Waals surface area contributed by atoms with Gasteiger partial charge in [-0.1, -0.05) is 0 Å². The van der Waals surface area contributed by atoms with Crippen molar-refractivity contribution in [2.45, 2.75) is 32.7 Å². The van der Waals surface area contributed by atoms with Gasteiger partial charge in [0, 0.05) is 43.4 Å². The molecule has 0 spiro atoms. The summed E-state index contributed by atoms with van der Waals surface area (Å²) >= 11 is 1.82. The van der Waals surface area contributed by atoms with Crippen LogP contribution in [0.15, 0.2) is 17.1 Å². The summed E-state index contributed by atoms with van der Waals surface area (Å²) in [7, 11) is 3.54. The van der Waals surface area contributed by atoms with Crippen molar-refractivity contribution in [2.24, 2.45) is 10.9 Å². The van der Waals surface area contributed by atoms with E-state index in [0.717, 1.165) is 38.4 Å². The van der Waals surface area contributed by atoms with E-state index in [1.165, 1.54) is 9.75 Å². The number of nitrogens with one attached hydrogen (secondary N) is 2. The van der Waals surface area contributed by atoms with E-state index in [1.807, 2.05) is 18.4 Å². The average Bonchev–Trinajstić information content (AvgIpc) is 2.95. The molecule has 1 amide bonds. The summed E-state index contributed by atoms with van der Waals surface area (Å²) in [6.07, 6.45) is 2.74. The van der Waals surface area contributed by atoms with Crippen molar-refractivity contribution in [3.63, 3.8) is 0 Å². The zero-order chi connectivity index (χ0) is 15.9. The maximum atomic E-state index is 11.5. The molecule has 22 heavy (non-hydrogen) atoms. The Bertz CT molecular complexity index is 518. The number of thiophene rings is 1. The molecule has 2 N–H and O–H groups in total.